The zero-order valence-electron chi connectivity index (χ0n) is 14.1. The molecule has 2 rings (SSSR count). The van der Waals surface area contributed by atoms with Crippen molar-refractivity contribution in [1.82, 2.24) is 4.31 Å². The first kappa shape index (κ1) is 19.2. The van der Waals surface area contributed by atoms with Crippen molar-refractivity contribution in [2.24, 2.45) is 0 Å². The van der Waals surface area contributed by atoms with E-state index >= 15 is 0 Å². The first-order valence-electron chi connectivity index (χ1n) is 7.41. The number of amides is 1. The summed E-state index contributed by atoms with van der Waals surface area (Å²) in [6.45, 7) is 1.67. The third kappa shape index (κ3) is 4.94. The molecule has 0 bridgehead atoms. The topological polar surface area (TPSA) is 75.7 Å². The van der Waals surface area contributed by atoms with E-state index in [4.69, 9.17) is 16.3 Å². The number of carbonyl (C=O) groups excluding carboxylic acids is 1. The van der Waals surface area contributed by atoms with Gasteiger partial charge in [0.2, 0.25) is 10.0 Å². The molecule has 0 unspecified atom stereocenters. The van der Waals surface area contributed by atoms with Crippen LogP contribution in [-0.2, 0) is 14.8 Å². The Balaban J connectivity index is 1.97. The van der Waals surface area contributed by atoms with Gasteiger partial charge in [0, 0.05) is 24.8 Å². The number of anilines is 1. The molecular weight excluding hydrogens is 364 g/mol. The van der Waals surface area contributed by atoms with E-state index < -0.39 is 10.0 Å². The molecule has 0 aliphatic heterocycles. The number of rotatable bonds is 6. The Morgan fingerprint density at radius 1 is 1.16 bits per heavy atom. The Morgan fingerprint density at radius 3 is 2.36 bits per heavy atom. The van der Waals surface area contributed by atoms with Crippen molar-refractivity contribution in [2.75, 3.05) is 26.0 Å². The minimum absolute atomic E-state index is 0.156. The molecule has 2 aromatic carbocycles. The maximum absolute atomic E-state index is 12.0. The highest BCUT2D eigenvalue weighted by Crippen LogP contribution is 2.22. The van der Waals surface area contributed by atoms with Crippen LogP contribution in [0.4, 0.5) is 5.69 Å². The summed E-state index contributed by atoms with van der Waals surface area (Å²) in [6, 6.07) is 11.1. The average molecular weight is 383 g/mol. The van der Waals surface area contributed by atoms with Crippen LogP contribution >= 0.6 is 11.6 Å². The van der Waals surface area contributed by atoms with Crippen molar-refractivity contribution in [1.29, 1.82) is 0 Å². The summed E-state index contributed by atoms with van der Waals surface area (Å²) in [5, 5.41) is 3.25. The molecule has 0 atom stereocenters. The second-order valence-corrected chi connectivity index (χ2v) is 8.15. The number of ether oxygens (including phenoxy) is 1. The maximum Gasteiger partial charge on any atom is 0.262 e. The third-order valence-corrected chi connectivity index (χ3v) is 5.48. The molecule has 0 spiro atoms. The molecule has 2 aromatic rings. The maximum atomic E-state index is 12.0. The average Bonchev–Trinajstić information content (AvgIpc) is 2.54. The highest BCUT2D eigenvalue weighted by molar-refractivity contribution is 7.89. The number of sulfonamides is 1. The van der Waals surface area contributed by atoms with Crippen LogP contribution in [0.5, 0.6) is 5.75 Å². The lowest BCUT2D eigenvalue weighted by Gasteiger charge is -2.12. The van der Waals surface area contributed by atoms with Crippen molar-refractivity contribution in [2.45, 2.75) is 11.8 Å². The zero-order valence-corrected chi connectivity index (χ0v) is 15.7. The third-order valence-electron chi connectivity index (χ3n) is 3.41. The molecule has 1 N–H and O–H groups in total. The van der Waals surface area contributed by atoms with Crippen molar-refractivity contribution in [3.05, 3.63) is 53.1 Å². The van der Waals surface area contributed by atoms with Gasteiger partial charge in [0.15, 0.2) is 6.61 Å². The van der Waals surface area contributed by atoms with E-state index in [0.717, 1.165) is 9.87 Å². The van der Waals surface area contributed by atoms with Gasteiger partial charge >= 0.3 is 0 Å². The van der Waals surface area contributed by atoms with Crippen molar-refractivity contribution in [3.63, 3.8) is 0 Å². The molecule has 0 aliphatic rings. The molecule has 0 saturated carbocycles. The number of hydrogen-bond acceptors (Lipinski definition) is 4. The van der Waals surface area contributed by atoms with E-state index in [0.29, 0.717) is 16.5 Å². The first-order valence-corrected chi connectivity index (χ1v) is 9.23. The molecule has 0 saturated heterocycles. The fraction of sp³-hybridized carbons (Fsp3) is 0.235. The molecule has 0 aliphatic carbocycles. The summed E-state index contributed by atoms with van der Waals surface area (Å²) in [5.41, 5.74) is 1.32. The van der Waals surface area contributed by atoms with Gasteiger partial charge in [0.05, 0.1) is 4.90 Å². The van der Waals surface area contributed by atoms with Gasteiger partial charge in [-0.2, -0.15) is 0 Å². The number of halogens is 1. The molecule has 134 valence electrons. The standard InChI is InChI=1S/C17H19ClN2O4S/c1-12-10-13(18)4-9-16(12)24-11-17(21)19-14-5-7-15(8-6-14)25(22,23)20(2)3/h4-10H,11H2,1-3H3,(H,19,21). The van der Waals surface area contributed by atoms with Crippen LogP contribution in [0.25, 0.3) is 0 Å². The van der Waals surface area contributed by atoms with Gasteiger partial charge in [-0.15, -0.1) is 0 Å². The van der Waals surface area contributed by atoms with Gasteiger partial charge < -0.3 is 10.1 Å². The smallest absolute Gasteiger partial charge is 0.262 e. The minimum Gasteiger partial charge on any atom is -0.483 e. The summed E-state index contributed by atoms with van der Waals surface area (Å²) in [5.74, 6) is 0.226. The van der Waals surface area contributed by atoms with Crippen LogP contribution in [0.2, 0.25) is 5.02 Å². The second-order valence-electron chi connectivity index (χ2n) is 5.56. The SMILES string of the molecule is Cc1cc(Cl)ccc1OCC(=O)Nc1ccc(S(=O)(=O)N(C)C)cc1. The number of nitrogens with one attached hydrogen (secondary N) is 1. The lowest BCUT2D eigenvalue weighted by molar-refractivity contribution is -0.118. The molecule has 8 heteroatoms. The Kier molecular flexibility index (Phi) is 6.05. The van der Waals surface area contributed by atoms with E-state index in [1.807, 2.05) is 6.92 Å². The monoisotopic (exact) mass is 382 g/mol. The summed E-state index contributed by atoms with van der Waals surface area (Å²) >= 11 is 5.87. The Labute approximate surface area is 152 Å². The molecule has 6 nitrogen and oxygen atoms in total. The second kappa shape index (κ2) is 7.86. The molecule has 0 heterocycles. The summed E-state index contributed by atoms with van der Waals surface area (Å²) in [4.78, 5) is 12.1. The highest BCUT2D eigenvalue weighted by Gasteiger charge is 2.16. The summed E-state index contributed by atoms with van der Waals surface area (Å²) < 4.78 is 30.6. The molecule has 25 heavy (non-hydrogen) atoms. The minimum atomic E-state index is -3.49. The lowest BCUT2D eigenvalue weighted by atomic mass is 10.2. The van der Waals surface area contributed by atoms with E-state index in [1.54, 1.807) is 18.2 Å². The number of hydrogen-bond donors (Lipinski definition) is 1. The highest BCUT2D eigenvalue weighted by atomic mass is 35.5. The van der Waals surface area contributed by atoms with Gasteiger partial charge in [-0.05, 0) is 55.0 Å². The van der Waals surface area contributed by atoms with E-state index in [9.17, 15) is 13.2 Å². The van der Waals surface area contributed by atoms with Crippen molar-refractivity contribution >= 4 is 33.2 Å². The van der Waals surface area contributed by atoms with Crippen LogP contribution in [0.15, 0.2) is 47.4 Å². The van der Waals surface area contributed by atoms with Gasteiger partial charge in [-0.1, -0.05) is 11.6 Å². The predicted molar refractivity (Wildman–Crippen MR) is 97.6 cm³/mol. The van der Waals surface area contributed by atoms with Crippen LogP contribution in [0.3, 0.4) is 0 Å². The number of nitrogens with zero attached hydrogens (tertiary/aromatic N) is 1. The largest absolute Gasteiger partial charge is 0.483 e. The lowest BCUT2D eigenvalue weighted by Crippen LogP contribution is -2.22. The molecule has 0 radical (unpaired) electrons. The quantitative estimate of drug-likeness (QED) is 0.833. The number of benzene rings is 2. The predicted octanol–water partition coefficient (Wildman–Crippen LogP) is 2.92. The number of carbonyl (C=O) groups is 1. The number of aryl methyl sites for hydroxylation is 1. The Hall–Kier alpha value is -2.09. The first-order chi connectivity index (χ1) is 11.7. The zero-order chi connectivity index (χ0) is 18.6. The van der Waals surface area contributed by atoms with E-state index in [2.05, 4.69) is 5.32 Å². The summed E-state index contributed by atoms with van der Waals surface area (Å²) in [7, 11) is -0.573. The van der Waals surface area contributed by atoms with E-state index in [1.165, 1.54) is 38.4 Å². The molecule has 0 fully saturated rings. The normalized spacial score (nSPS) is 11.4. The summed E-state index contributed by atoms with van der Waals surface area (Å²) in [6.07, 6.45) is 0. The molecule has 0 aromatic heterocycles. The Morgan fingerprint density at radius 2 is 1.80 bits per heavy atom. The molecule has 1 amide bonds. The van der Waals surface area contributed by atoms with Gasteiger partial charge in [0.1, 0.15) is 5.75 Å². The van der Waals surface area contributed by atoms with Gasteiger partial charge in [-0.3, -0.25) is 4.79 Å². The van der Waals surface area contributed by atoms with Gasteiger partial charge in [0.25, 0.3) is 5.91 Å². The van der Waals surface area contributed by atoms with Crippen molar-refractivity contribution in [3.8, 4) is 5.75 Å². The van der Waals surface area contributed by atoms with E-state index in [-0.39, 0.29) is 17.4 Å². The fourth-order valence-corrected chi connectivity index (χ4v) is 3.16. The van der Waals surface area contributed by atoms with Crippen LogP contribution < -0.4 is 10.1 Å². The van der Waals surface area contributed by atoms with Crippen molar-refractivity contribution < 1.29 is 17.9 Å². The van der Waals surface area contributed by atoms with Crippen LogP contribution in [0, 0.1) is 6.92 Å². The Bertz CT molecular complexity index is 865. The van der Waals surface area contributed by atoms with Gasteiger partial charge in [-0.25, -0.2) is 12.7 Å². The fourth-order valence-electron chi connectivity index (χ4n) is 2.04. The van der Waals surface area contributed by atoms with Crippen LogP contribution in [0.1, 0.15) is 5.56 Å². The van der Waals surface area contributed by atoms with Crippen LogP contribution in [-0.4, -0.2) is 39.3 Å². The molecular formula is C17H19ClN2O4S.